The Labute approximate surface area is 190 Å². The molecule has 5 rings (SSSR count). The van der Waals surface area contributed by atoms with Crippen LogP contribution in [-0.2, 0) is 6.61 Å². The van der Waals surface area contributed by atoms with E-state index in [2.05, 4.69) is 60.7 Å². The van der Waals surface area contributed by atoms with E-state index in [1.54, 1.807) is 11.3 Å². The third-order valence-corrected chi connectivity index (χ3v) is 6.30. The molecule has 2 nitrogen and oxygen atoms in total. The molecule has 1 heterocycles. The SMILES string of the molecule is Clc1ccc(Oc2c(OCc3ccc(-c4ccccc4)cc3)sc3ccccc23)cc1. The second kappa shape index (κ2) is 8.84. The normalized spacial score (nSPS) is 10.9. The summed E-state index contributed by atoms with van der Waals surface area (Å²) in [6, 6.07) is 34.4. The van der Waals surface area contributed by atoms with Gasteiger partial charge in [-0.15, -0.1) is 0 Å². The highest BCUT2D eigenvalue weighted by Crippen LogP contribution is 2.46. The van der Waals surface area contributed by atoms with E-state index in [4.69, 9.17) is 21.1 Å². The predicted molar refractivity (Wildman–Crippen MR) is 130 cm³/mol. The summed E-state index contributed by atoms with van der Waals surface area (Å²) in [7, 11) is 0. The van der Waals surface area contributed by atoms with E-state index in [0.29, 0.717) is 11.6 Å². The molecular weight excluding hydrogens is 424 g/mol. The minimum absolute atomic E-state index is 0.471. The molecule has 5 aromatic rings. The maximum absolute atomic E-state index is 6.22. The minimum atomic E-state index is 0.471. The highest BCUT2D eigenvalue weighted by molar-refractivity contribution is 7.21. The van der Waals surface area contributed by atoms with Gasteiger partial charge in [0.15, 0.2) is 5.75 Å². The van der Waals surface area contributed by atoms with Gasteiger partial charge in [-0.2, -0.15) is 0 Å². The molecule has 0 saturated heterocycles. The first kappa shape index (κ1) is 19.7. The van der Waals surface area contributed by atoms with Crippen molar-refractivity contribution >= 4 is 33.0 Å². The Hall–Kier alpha value is -3.27. The number of halogens is 1. The van der Waals surface area contributed by atoms with Crippen LogP contribution in [-0.4, -0.2) is 0 Å². The van der Waals surface area contributed by atoms with Gasteiger partial charge in [-0.25, -0.2) is 0 Å². The fourth-order valence-corrected chi connectivity index (χ4v) is 4.49. The van der Waals surface area contributed by atoms with Crippen molar-refractivity contribution in [2.45, 2.75) is 6.61 Å². The molecule has 4 aromatic carbocycles. The molecule has 0 unspecified atom stereocenters. The van der Waals surface area contributed by atoms with Gasteiger partial charge in [0.2, 0.25) is 5.06 Å². The fourth-order valence-electron chi connectivity index (χ4n) is 3.38. The molecule has 0 aliphatic heterocycles. The largest absolute Gasteiger partial charge is 0.476 e. The molecule has 1 aromatic heterocycles. The van der Waals surface area contributed by atoms with Gasteiger partial charge < -0.3 is 9.47 Å². The van der Waals surface area contributed by atoms with Crippen LogP contribution >= 0.6 is 22.9 Å². The average molecular weight is 443 g/mol. The summed E-state index contributed by atoms with van der Waals surface area (Å²) in [4.78, 5) is 0. The molecule has 0 radical (unpaired) electrons. The molecule has 152 valence electrons. The molecule has 0 N–H and O–H groups in total. The molecule has 0 aliphatic carbocycles. The Morgan fingerprint density at radius 3 is 2.13 bits per heavy atom. The molecule has 31 heavy (non-hydrogen) atoms. The van der Waals surface area contributed by atoms with Crippen LogP contribution in [0.25, 0.3) is 21.2 Å². The molecule has 0 aliphatic rings. The highest BCUT2D eigenvalue weighted by Gasteiger charge is 2.16. The van der Waals surface area contributed by atoms with Gasteiger partial charge in [0.05, 0.1) is 0 Å². The van der Waals surface area contributed by atoms with Crippen LogP contribution in [0.4, 0.5) is 0 Å². The van der Waals surface area contributed by atoms with Crippen LogP contribution < -0.4 is 9.47 Å². The molecule has 0 fully saturated rings. The topological polar surface area (TPSA) is 18.5 Å². The Morgan fingerprint density at radius 2 is 1.35 bits per heavy atom. The first-order valence-corrected chi connectivity index (χ1v) is 11.2. The lowest BCUT2D eigenvalue weighted by atomic mass is 10.0. The van der Waals surface area contributed by atoms with Crippen molar-refractivity contribution in [3.05, 3.63) is 114 Å². The first-order chi connectivity index (χ1) is 15.3. The number of hydrogen-bond donors (Lipinski definition) is 0. The van der Waals surface area contributed by atoms with Gasteiger partial charge in [-0.05, 0) is 53.1 Å². The average Bonchev–Trinajstić information content (AvgIpc) is 3.17. The van der Waals surface area contributed by atoms with E-state index in [1.807, 2.05) is 42.5 Å². The minimum Gasteiger partial charge on any atom is -0.476 e. The van der Waals surface area contributed by atoms with Crippen molar-refractivity contribution in [1.29, 1.82) is 0 Å². The van der Waals surface area contributed by atoms with Gasteiger partial charge in [0.1, 0.15) is 12.4 Å². The Kier molecular flexibility index (Phi) is 5.61. The quantitative estimate of drug-likeness (QED) is 0.262. The van der Waals surface area contributed by atoms with Gasteiger partial charge in [0, 0.05) is 15.1 Å². The molecule has 0 saturated carbocycles. The van der Waals surface area contributed by atoms with Crippen LogP contribution in [0.15, 0.2) is 103 Å². The summed E-state index contributed by atoms with van der Waals surface area (Å²) < 4.78 is 13.6. The molecule has 0 atom stereocenters. The summed E-state index contributed by atoms with van der Waals surface area (Å²) in [5, 5.41) is 2.48. The number of hydrogen-bond acceptors (Lipinski definition) is 3. The third kappa shape index (κ3) is 4.43. The Morgan fingerprint density at radius 1 is 0.677 bits per heavy atom. The number of ether oxygens (including phenoxy) is 2. The lowest BCUT2D eigenvalue weighted by molar-refractivity contribution is 0.302. The van der Waals surface area contributed by atoms with Crippen LogP contribution in [0.3, 0.4) is 0 Å². The van der Waals surface area contributed by atoms with Crippen molar-refractivity contribution in [2.75, 3.05) is 0 Å². The molecule has 4 heteroatoms. The molecular formula is C27H19ClO2S. The third-order valence-electron chi connectivity index (χ3n) is 4.98. The van der Waals surface area contributed by atoms with Crippen molar-refractivity contribution in [1.82, 2.24) is 0 Å². The predicted octanol–water partition coefficient (Wildman–Crippen LogP) is 8.59. The Bertz CT molecular complexity index is 1290. The maximum atomic E-state index is 6.22. The highest BCUT2D eigenvalue weighted by atomic mass is 35.5. The zero-order chi connectivity index (χ0) is 21.0. The lowest BCUT2D eigenvalue weighted by Gasteiger charge is -2.10. The van der Waals surface area contributed by atoms with Crippen molar-refractivity contribution in [2.24, 2.45) is 0 Å². The monoisotopic (exact) mass is 442 g/mol. The lowest BCUT2D eigenvalue weighted by Crippen LogP contribution is -1.95. The summed E-state index contributed by atoms with van der Waals surface area (Å²) >= 11 is 7.60. The zero-order valence-electron chi connectivity index (χ0n) is 16.6. The van der Waals surface area contributed by atoms with Crippen molar-refractivity contribution in [3.8, 4) is 27.7 Å². The van der Waals surface area contributed by atoms with Crippen LogP contribution in [0.1, 0.15) is 5.56 Å². The molecule has 0 spiro atoms. The van der Waals surface area contributed by atoms with Gasteiger partial charge >= 0.3 is 0 Å². The number of benzene rings is 4. The number of fused-ring (bicyclic) bond motifs is 1. The summed E-state index contributed by atoms with van der Waals surface area (Å²) in [6.45, 7) is 0.471. The fraction of sp³-hybridized carbons (Fsp3) is 0.0370. The number of thiophene rings is 1. The van der Waals surface area contributed by atoms with Crippen LogP contribution in [0.2, 0.25) is 5.02 Å². The van der Waals surface area contributed by atoms with E-state index >= 15 is 0 Å². The Balaban J connectivity index is 1.38. The summed E-state index contributed by atoms with van der Waals surface area (Å²) in [6.07, 6.45) is 0. The first-order valence-electron chi connectivity index (χ1n) is 9.98. The van der Waals surface area contributed by atoms with Gasteiger partial charge in [-0.3, -0.25) is 0 Å². The van der Waals surface area contributed by atoms with E-state index in [0.717, 1.165) is 32.2 Å². The van der Waals surface area contributed by atoms with Crippen molar-refractivity contribution < 1.29 is 9.47 Å². The maximum Gasteiger partial charge on any atom is 0.219 e. The van der Waals surface area contributed by atoms with E-state index < -0.39 is 0 Å². The smallest absolute Gasteiger partial charge is 0.219 e. The van der Waals surface area contributed by atoms with Gasteiger partial charge in [-0.1, -0.05) is 89.7 Å². The number of rotatable bonds is 6. The van der Waals surface area contributed by atoms with Gasteiger partial charge in [0.25, 0.3) is 0 Å². The summed E-state index contributed by atoms with van der Waals surface area (Å²) in [5.41, 5.74) is 3.51. The second-order valence-electron chi connectivity index (χ2n) is 7.12. The second-order valence-corrected chi connectivity index (χ2v) is 8.57. The molecule has 0 amide bonds. The van der Waals surface area contributed by atoms with E-state index in [9.17, 15) is 0 Å². The standard InChI is InChI=1S/C27H19ClO2S/c28-22-14-16-23(17-15-22)30-26-24-8-4-5-9-25(24)31-27(26)29-18-19-10-12-21(13-11-19)20-6-2-1-3-7-20/h1-17H,18H2. The zero-order valence-corrected chi connectivity index (χ0v) is 18.2. The van der Waals surface area contributed by atoms with Crippen LogP contribution in [0.5, 0.6) is 16.6 Å². The van der Waals surface area contributed by atoms with Crippen molar-refractivity contribution in [3.63, 3.8) is 0 Å². The molecule has 0 bridgehead atoms. The van der Waals surface area contributed by atoms with E-state index in [1.165, 1.54) is 11.1 Å². The van der Waals surface area contributed by atoms with E-state index in [-0.39, 0.29) is 0 Å². The summed E-state index contributed by atoms with van der Waals surface area (Å²) in [5.74, 6) is 1.47. The van der Waals surface area contributed by atoms with Crippen LogP contribution in [0, 0.1) is 0 Å².